The van der Waals surface area contributed by atoms with Crippen LogP contribution in [0.2, 0.25) is 0 Å². The summed E-state index contributed by atoms with van der Waals surface area (Å²) in [5, 5.41) is 0. The first-order valence-corrected chi connectivity index (χ1v) is 8.77. The first-order valence-electron chi connectivity index (χ1n) is 6.99. The van der Waals surface area contributed by atoms with E-state index in [-0.39, 0.29) is 0 Å². The van der Waals surface area contributed by atoms with Gasteiger partial charge in [-0.3, -0.25) is 0 Å². The molecule has 0 heterocycles. The van der Waals surface area contributed by atoms with Crippen LogP contribution in [0.15, 0.2) is 30.3 Å². The van der Waals surface area contributed by atoms with Crippen LogP contribution < -0.4 is 0 Å². The van der Waals surface area contributed by atoms with Gasteiger partial charge >= 0.3 is 0 Å². The van der Waals surface area contributed by atoms with Crippen LogP contribution in [0.5, 0.6) is 0 Å². The quantitative estimate of drug-likeness (QED) is 0.589. The molecule has 0 bridgehead atoms. The van der Waals surface area contributed by atoms with E-state index in [9.17, 15) is 0 Å². The van der Waals surface area contributed by atoms with Gasteiger partial charge in [0, 0.05) is 11.5 Å². The topological polar surface area (TPSA) is 0 Å². The summed E-state index contributed by atoms with van der Waals surface area (Å²) in [5.74, 6) is 3.40. The highest BCUT2D eigenvalue weighted by molar-refractivity contribution is 7.98. The summed E-state index contributed by atoms with van der Waals surface area (Å²) in [6.45, 7) is 4.57. The number of thioether (sulfide) groups is 1. The molecule has 0 aliphatic rings. The Kier molecular flexibility index (Phi) is 7.92. The van der Waals surface area contributed by atoms with E-state index in [1.165, 1.54) is 37.0 Å². The van der Waals surface area contributed by atoms with E-state index in [1.807, 2.05) is 0 Å². The average Bonchev–Trinajstić information content (AvgIpc) is 2.40. The van der Waals surface area contributed by atoms with Crippen molar-refractivity contribution in [1.82, 2.24) is 0 Å². The van der Waals surface area contributed by atoms with Crippen LogP contribution in [0.1, 0.15) is 45.1 Å². The first-order chi connectivity index (χ1) is 8.76. The lowest BCUT2D eigenvalue weighted by Gasteiger charge is -2.31. The molecule has 1 aromatic rings. The molecule has 0 saturated carbocycles. The van der Waals surface area contributed by atoms with E-state index >= 15 is 0 Å². The summed E-state index contributed by atoms with van der Waals surface area (Å²) in [4.78, 5) is 0. The Morgan fingerprint density at radius 2 is 1.67 bits per heavy atom. The second-order valence-electron chi connectivity index (χ2n) is 5.14. The van der Waals surface area contributed by atoms with Crippen molar-refractivity contribution in [1.29, 1.82) is 0 Å². The van der Waals surface area contributed by atoms with Gasteiger partial charge in [-0.2, -0.15) is 24.4 Å². The first kappa shape index (κ1) is 16.0. The van der Waals surface area contributed by atoms with E-state index in [0.717, 1.165) is 11.5 Å². The van der Waals surface area contributed by atoms with Gasteiger partial charge in [-0.15, -0.1) is 0 Å². The van der Waals surface area contributed by atoms with E-state index in [1.54, 1.807) is 0 Å². The second-order valence-corrected chi connectivity index (χ2v) is 6.44. The number of thiol groups is 1. The number of rotatable bonds is 9. The molecule has 1 aromatic carbocycles. The molecule has 0 aliphatic heterocycles. The molecule has 0 nitrogen and oxygen atoms in total. The molecular weight excluding hydrogens is 256 g/mol. The lowest BCUT2D eigenvalue weighted by molar-refractivity contribution is 0.318. The Balaban J connectivity index is 2.46. The molecule has 0 aliphatic carbocycles. The Hall–Kier alpha value is -0.0800. The lowest BCUT2D eigenvalue weighted by atomic mass is 9.83. The van der Waals surface area contributed by atoms with Crippen LogP contribution >= 0.6 is 24.4 Å². The van der Waals surface area contributed by atoms with Crippen LogP contribution in [0.25, 0.3) is 0 Å². The van der Waals surface area contributed by atoms with Gasteiger partial charge in [0.15, 0.2) is 0 Å². The third-order valence-electron chi connectivity index (χ3n) is 3.42. The molecular formula is C16H26S2. The molecule has 1 rings (SSSR count). The van der Waals surface area contributed by atoms with E-state index in [0.29, 0.717) is 5.41 Å². The van der Waals surface area contributed by atoms with E-state index in [4.69, 9.17) is 0 Å². The van der Waals surface area contributed by atoms with Crippen LogP contribution in [-0.4, -0.2) is 11.5 Å². The average molecular weight is 283 g/mol. The third-order valence-corrected chi connectivity index (χ3v) is 5.44. The smallest absolute Gasteiger partial charge is 0.0184 e. The summed E-state index contributed by atoms with van der Waals surface area (Å²) in [5.41, 5.74) is 1.88. The van der Waals surface area contributed by atoms with Gasteiger partial charge in [-0.1, -0.05) is 57.0 Å². The summed E-state index contributed by atoms with van der Waals surface area (Å²) >= 11 is 6.69. The maximum Gasteiger partial charge on any atom is 0.0184 e. The minimum Gasteiger partial charge on any atom is -0.179 e. The lowest BCUT2D eigenvalue weighted by Crippen LogP contribution is -2.26. The highest BCUT2D eigenvalue weighted by Gasteiger charge is 2.26. The maximum absolute atomic E-state index is 4.62. The summed E-state index contributed by atoms with van der Waals surface area (Å²) in [6.07, 6.45) is 5.16. The highest BCUT2D eigenvalue weighted by atomic mass is 32.2. The van der Waals surface area contributed by atoms with Crippen molar-refractivity contribution in [3.8, 4) is 0 Å². The van der Waals surface area contributed by atoms with Gasteiger partial charge in [-0.05, 0) is 29.6 Å². The molecule has 0 amide bonds. The predicted molar refractivity (Wildman–Crippen MR) is 88.7 cm³/mol. The van der Waals surface area contributed by atoms with Crippen molar-refractivity contribution in [3.63, 3.8) is 0 Å². The fraction of sp³-hybridized carbons (Fsp3) is 0.625. The molecule has 102 valence electrons. The SMILES string of the molecule is CCCC(CS)(CCC)CSCc1ccccc1. The molecule has 2 heteroatoms. The number of hydrogen-bond acceptors (Lipinski definition) is 2. The van der Waals surface area contributed by atoms with Crippen molar-refractivity contribution >= 4 is 24.4 Å². The molecule has 18 heavy (non-hydrogen) atoms. The molecule has 0 radical (unpaired) electrons. The standard InChI is InChI=1S/C16H26S2/c1-3-10-16(13-17,11-4-2)14-18-12-15-8-6-5-7-9-15/h5-9,17H,3-4,10-14H2,1-2H3. The molecule has 0 atom stereocenters. The molecule has 0 unspecified atom stereocenters. The molecule has 0 fully saturated rings. The normalized spacial score (nSPS) is 11.7. The van der Waals surface area contributed by atoms with Crippen molar-refractivity contribution in [3.05, 3.63) is 35.9 Å². The largest absolute Gasteiger partial charge is 0.179 e. The van der Waals surface area contributed by atoms with Crippen LogP contribution in [0.4, 0.5) is 0 Å². The maximum atomic E-state index is 4.62. The Morgan fingerprint density at radius 3 is 2.17 bits per heavy atom. The van der Waals surface area contributed by atoms with Gasteiger partial charge in [0.2, 0.25) is 0 Å². The van der Waals surface area contributed by atoms with Crippen LogP contribution in [0, 0.1) is 5.41 Å². The van der Waals surface area contributed by atoms with Crippen LogP contribution in [-0.2, 0) is 5.75 Å². The Bertz CT molecular complexity index is 302. The fourth-order valence-corrected chi connectivity index (χ4v) is 4.43. The van der Waals surface area contributed by atoms with E-state index < -0.39 is 0 Å². The van der Waals surface area contributed by atoms with Gasteiger partial charge in [-0.25, -0.2) is 0 Å². The zero-order valence-electron chi connectivity index (χ0n) is 11.7. The number of hydrogen-bond donors (Lipinski definition) is 1. The fourth-order valence-electron chi connectivity index (χ4n) is 2.49. The van der Waals surface area contributed by atoms with Crippen molar-refractivity contribution in [2.24, 2.45) is 5.41 Å². The molecule has 0 aromatic heterocycles. The molecule has 0 N–H and O–H groups in total. The van der Waals surface area contributed by atoms with Gasteiger partial charge < -0.3 is 0 Å². The second kappa shape index (κ2) is 8.92. The van der Waals surface area contributed by atoms with Crippen molar-refractivity contribution in [2.45, 2.75) is 45.3 Å². The monoisotopic (exact) mass is 282 g/mol. The molecule has 0 saturated heterocycles. The zero-order chi connectivity index (χ0) is 13.3. The molecule has 0 spiro atoms. The minimum atomic E-state index is 0.450. The summed E-state index contributed by atoms with van der Waals surface area (Å²) in [7, 11) is 0. The van der Waals surface area contributed by atoms with Gasteiger partial charge in [0.1, 0.15) is 0 Å². The van der Waals surface area contributed by atoms with Crippen molar-refractivity contribution in [2.75, 3.05) is 11.5 Å². The van der Waals surface area contributed by atoms with Gasteiger partial charge in [0.25, 0.3) is 0 Å². The zero-order valence-corrected chi connectivity index (χ0v) is 13.4. The Morgan fingerprint density at radius 1 is 1.06 bits per heavy atom. The summed E-state index contributed by atoms with van der Waals surface area (Å²) < 4.78 is 0. The predicted octanol–water partition coefficient (Wildman–Crippen LogP) is 5.44. The summed E-state index contributed by atoms with van der Waals surface area (Å²) in [6, 6.07) is 10.8. The highest BCUT2D eigenvalue weighted by Crippen LogP contribution is 2.35. The Labute approximate surface area is 122 Å². The van der Waals surface area contributed by atoms with Crippen molar-refractivity contribution < 1.29 is 0 Å². The van der Waals surface area contributed by atoms with E-state index in [2.05, 4.69) is 68.6 Å². The van der Waals surface area contributed by atoms with Gasteiger partial charge in [0.05, 0.1) is 0 Å². The third kappa shape index (κ3) is 5.27. The van der Waals surface area contributed by atoms with Crippen LogP contribution in [0.3, 0.4) is 0 Å². The minimum absolute atomic E-state index is 0.450. The number of benzene rings is 1.